The molecule has 1 aromatic carbocycles. The summed E-state index contributed by atoms with van der Waals surface area (Å²) >= 11 is 0. The Morgan fingerprint density at radius 1 is 1.14 bits per heavy atom. The molecule has 1 N–H and O–H groups in total. The lowest BCUT2D eigenvalue weighted by atomic mass is 9.99. The average Bonchev–Trinajstić information content (AvgIpc) is 2.46. The summed E-state index contributed by atoms with van der Waals surface area (Å²) in [5.74, 6) is 0.928. The van der Waals surface area contributed by atoms with Gasteiger partial charge in [0.25, 0.3) is 0 Å². The standard InChI is InChI=1S/C18H31NO2/c1-6-12-19-18(17(7-2)20-8-3)15-10-9-11-16(13-15)21-14(4)5/h9-11,13-14,17-19H,6-8,12H2,1-5H3. The van der Waals surface area contributed by atoms with E-state index in [4.69, 9.17) is 9.47 Å². The Kier molecular flexibility index (Phi) is 8.40. The average molecular weight is 293 g/mol. The lowest BCUT2D eigenvalue weighted by Crippen LogP contribution is -2.34. The first kappa shape index (κ1) is 18.0. The summed E-state index contributed by atoms with van der Waals surface area (Å²) in [4.78, 5) is 0. The highest BCUT2D eigenvalue weighted by Gasteiger charge is 2.22. The van der Waals surface area contributed by atoms with Crippen LogP contribution in [0.3, 0.4) is 0 Å². The number of ether oxygens (including phenoxy) is 2. The van der Waals surface area contributed by atoms with Gasteiger partial charge in [-0.05, 0) is 57.9 Å². The van der Waals surface area contributed by atoms with E-state index in [1.165, 1.54) is 5.56 Å². The fourth-order valence-corrected chi connectivity index (χ4v) is 2.48. The summed E-state index contributed by atoms with van der Waals surface area (Å²) < 4.78 is 11.7. The zero-order valence-corrected chi connectivity index (χ0v) is 14.2. The molecule has 21 heavy (non-hydrogen) atoms. The summed E-state index contributed by atoms with van der Waals surface area (Å²) in [6, 6.07) is 8.58. The van der Waals surface area contributed by atoms with Gasteiger partial charge >= 0.3 is 0 Å². The van der Waals surface area contributed by atoms with Crippen molar-refractivity contribution in [1.82, 2.24) is 5.32 Å². The van der Waals surface area contributed by atoms with Gasteiger partial charge in [-0.15, -0.1) is 0 Å². The van der Waals surface area contributed by atoms with Crippen LogP contribution in [0.2, 0.25) is 0 Å². The van der Waals surface area contributed by atoms with Gasteiger partial charge in [0.2, 0.25) is 0 Å². The predicted molar refractivity (Wildman–Crippen MR) is 88.9 cm³/mol. The van der Waals surface area contributed by atoms with Crippen LogP contribution in [-0.2, 0) is 4.74 Å². The Hall–Kier alpha value is -1.06. The van der Waals surface area contributed by atoms with Crippen LogP contribution < -0.4 is 10.1 Å². The molecule has 0 aliphatic rings. The number of rotatable bonds is 10. The first-order chi connectivity index (χ1) is 10.1. The van der Waals surface area contributed by atoms with Crippen molar-refractivity contribution in [1.29, 1.82) is 0 Å². The maximum Gasteiger partial charge on any atom is 0.120 e. The second-order valence-corrected chi connectivity index (χ2v) is 5.57. The van der Waals surface area contributed by atoms with E-state index in [0.29, 0.717) is 0 Å². The van der Waals surface area contributed by atoms with Crippen LogP contribution in [0.15, 0.2) is 24.3 Å². The van der Waals surface area contributed by atoms with Crippen molar-refractivity contribution < 1.29 is 9.47 Å². The SMILES string of the molecule is CCCNC(c1cccc(OC(C)C)c1)C(CC)OCC. The largest absolute Gasteiger partial charge is 0.491 e. The number of hydrogen-bond donors (Lipinski definition) is 1. The van der Waals surface area contributed by atoms with Crippen LogP contribution in [0.4, 0.5) is 0 Å². The fourth-order valence-electron chi connectivity index (χ4n) is 2.48. The number of benzene rings is 1. The minimum atomic E-state index is 0.191. The molecule has 0 saturated carbocycles. The van der Waals surface area contributed by atoms with E-state index in [1.807, 2.05) is 6.07 Å². The topological polar surface area (TPSA) is 30.5 Å². The molecule has 0 saturated heterocycles. The molecule has 1 rings (SSSR count). The van der Waals surface area contributed by atoms with Crippen LogP contribution in [0.25, 0.3) is 0 Å². The third-order valence-corrected chi connectivity index (χ3v) is 3.36. The van der Waals surface area contributed by atoms with Gasteiger partial charge in [0.1, 0.15) is 5.75 Å². The second-order valence-electron chi connectivity index (χ2n) is 5.57. The van der Waals surface area contributed by atoms with Gasteiger partial charge in [-0.3, -0.25) is 0 Å². The summed E-state index contributed by atoms with van der Waals surface area (Å²) in [6.45, 7) is 12.2. The highest BCUT2D eigenvalue weighted by Crippen LogP contribution is 2.25. The molecule has 1 aromatic rings. The van der Waals surface area contributed by atoms with Crippen molar-refractivity contribution >= 4 is 0 Å². The maximum absolute atomic E-state index is 5.92. The predicted octanol–water partition coefficient (Wildman–Crippen LogP) is 4.33. The highest BCUT2D eigenvalue weighted by atomic mass is 16.5. The smallest absolute Gasteiger partial charge is 0.120 e. The van der Waals surface area contributed by atoms with Crippen LogP contribution in [-0.4, -0.2) is 25.4 Å². The van der Waals surface area contributed by atoms with Gasteiger partial charge in [0, 0.05) is 6.61 Å². The minimum Gasteiger partial charge on any atom is -0.491 e. The molecule has 0 heterocycles. The number of hydrogen-bond acceptors (Lipinski definition) is 3. The van der Waals surface area contributed by atoms with Crippen molar-refractivity contribution in [2.24, 2.45) is 0 Å². The van der Waals surface area contributed by atoms with Crippen molar-refractivity contribution in [3.63, 3.8) is 0 Å². The molecule has 2 unspecified atom stereocenters. The lowest BCUT2D eigenvalue weighted by molar-refractivity contribution is 0.0313. The first-order valence-electron chi connectivity index (χ1n) is 8.23. The van der Waals surface area contributed by atoms with E-state index < -0.39 is 0 Å². The molecule has 0 fully saturated rings. The normalized spacial score (nSPS) is 14.2. The molecule has 2 atom stereocenters. The summed E-state index contributed by atoms with van der Waals surface area (Å²) in [7, 11) is 0. The van der Waals surface area contributed by atoms with Gasteiger partial charge < -0.3 is 14.8 Å². The minimum absolute atomic E-state index is 0.191. The molecule has 0 bridgehead atoms. The van der Waals surface area contributed by atoms with Crippen LogP contribution in [0, 0.1) is 0 Å². The fraction of sp³-hybridized carbons (Fsp3) is 0.667. The van der Waals surface area contributed by atoms with Crippen molar-refractivity contribution in [2.45, 2.75) is 65.7 Å². The summed E-state index contributed by atoms with van der Waals surface area (Å²) in [5, 5.41) is 3.62. The zero-order chi connectivity index (χ0) is 15.7. The van der Waals surface area contributed by atoms with Crippen molar-refractivity contribution in [3.05, 3.63) is 29.8 Å². The lowest BCUT2D eigenvalue weighted by Gasteiger charge is -2.28. The Morgan fingerprint density at radius 2 is 1.90 bits per heavy atom. The van der Waals surface area contributed by atoms with E-state index >= 15 is 0 Å². The van der Waals surface area contributed by atoms with E-state index in [1.54, 1.807) is 0 Å². The molecule has 120 valence electrons. The van der Waals surface area contributed by atoms with E-state index in [2.05, 4.69) is 58.1 Å². The van der Waals surface area contributed by atoms with Crippen molar-refractivity contribution in [2.75, 3.05) is 13.2 Å². The molecule has 0 amide bonds. The summed E-state index contributed by atoms with van der Waals surface area (Å²) in [6.07, 6.45) is 2.48. The number of nitrogens with one attached hydrogen (secondary N) is 1. The Balaban J connectivity index is 2.95. The Labute approximate surface area is 130 Å². The zero-order valence-electron chi connectivity index (χ0n) is 14.2. The molecule has 0 aliphatic heterocycles. The van der Waals surface area contributed by atoms with Gasteiger partial charge in [0.15, 0.2) is 0 Å². The molecule has 0 aromatic heterocycles. The van der Waals surface area contributed by atoms with E-state index in [-0.39, 0.29) is 18.2 Å². The first-order valence-corrected chi connectivity index (χ1v) is 8.23. The monoisotopic (exact) mass is 293 g/mol. The van der Waals surface area contributed by atoms with Gasteiger partial charge in [-0.1, -0.05) is 26.0 Å². The van der Waals surface area contributed by atoms with Gasteiger partial charge in [-0.25, -0.2) is 0 Å². The molecular weight excluding hydrogens is 262 g/mol. The van der Waals surface area contributed by atoms with Crippen LogP contribution in [0.5, 0.6) is 5.75 Å². The van der Waals surface area contributed by atoms with Crippen molar-refractivity contribution in [3.8, 4) is 5.75 Å². The maximum atomic E-state index is 5.92. The third-order valence-electron chi connectivity index (χ3n) is 3.36. The van der Waals surface area contributed by atoms with Gasteiger partial charge in [0.05, 0.1) is 18.2 Å². The van der Waals surface area contributed by atoms with E-state index in [9.17, 15) is 0 Å². The third kappa shape index (κ3) is 6.06. The molecular formula is C18H31NO2. The highest BCUT2D eigenvalue weighted by molar-refractivity contribution is 5.31. The molecule has 0 radical (unpaired) electrons. The Bertz CT molecular complexity index is 393. The molecule has 3 nitrogen and oxygen atoms in total. The van der Waals surface area contributed by atoms with Crippen LogP contribution in [0.1, 0.15) is 59.1 Å². The molecule has 3 heteroatoms. The quantitative estimate of drug-likeness (QED) is 0.696. The van der Waals surface area contributed by atoms with Gasteiger partial charge in [-0.2, -0.15) is 0 Å². The second kappa shape index (κ2) is 9.80. The molecule has 0 aliphatic carbocycles. The summed E-state index contributed by atoms with van der Waals surface area (Å²) in [5.41, 5.74) is 1.24. The Morgan fingerprint density at radius 3 is 2.48 bits per heavy atom. The van der Waals surface area contributed by atoms with E-state index in [0.717, 1.165) is 31.7 Å². The van der Waals surface area contributed by atoms with Crippen LogP contribution >= 0.6 is 0 Å². The molecule has 0 spiro atoms.